The van der Waals surface area contributed by atoms with Gasteiger partial charge < -0.3 is 10.3 Å². The molecule has 2 atom stereocenters. The Morgan fingerprint density at radius 1 is 1.33 bits per heavy atom. The van der Waals surface area contributed by atoms with E-state index in [1.807, 2.05) is 20.8 Å². The number of hydrogen-bond donors (Lipinski definition) is 2. The van der Waals surface area contributed by atoms with Crippen LogP contribution in [0.2, 0.25) is 0 Å². The predicted octanol–water partition coefficient (Wildman–Crippen LogP) is 2.12. The second-order valence-corrected chi connectivity index (χ2v) is 5.57. The molecule has 4 nitrogen and oxygen atoms in total. The Morgan fingerprint density at radius 2 is 1.93 bits per heavy atom. The van der Waals surface area contributed by atoms with Crippen molar-refractivity contribution in [2.24, 2.45) is 21.4 Å². The summed E-state index contributed by atoms with van der Waals surface area (Å²) < 4.78 is 0. The standard InChI is InChI=1S/C11H17NO3/c1-9(2)10(3)4-5-11(9,8(13)14)6-7(10)12-15/h15H,4-6H2,1-3H3,(H,13,14). The third-order valence-corrected chi connectivity index (χ3v) is 5.26. The molecule has 2 N–H and O–H groups in total. The molecule has 0 aliphatic heterocycles. The molecule has 0 radical (unpaired) electrons. The number of fused-ring (bicyclic) bond motifs is 2. The number of carbonyl (C=O) groups is 1. The van der Waals surface area contributed by atoms with Gasteiger partial charge in [-0.25, -0.2) is 0 Å². The van der Waals surface area contributed by atoms with Crippen LogP contribution in [0.1, 0.15) is 40.0 Å². The van der Waals surface area contributed by atoms with Gasteiger partial charge in [0, 0.05) is 11.8 Å². The number of aliphatic carboxylic acids is 1. The number of hydrogen-bond acceptors (Lipinski definition) is 3. The summed E-state index contributed by atoms with van der Waals surface area (Å²) in [6, 6.07) is 0. The largest absolute Gasteiger partial charge is 0.481 e. The highest BCUT2D eigenvalue weighted by molar-refractivity contribution is 6.00. The maximum absolute atomic E-state index is 11.5. The van der Waals surface area contributed by atoms with E-state index in [1.165, 1.54) is 0 Å². The second kappa shape index (κ2) is 2.54. The molecule has 0 aromatic heterocycles. The van der Waals surface area contributed by atoms with E-state index in [4.69, 9.17) is 5.21 Å². The molecule has 2 bridgehead atoms. The summed E-state index contributed by atoms with van der Waals surface area (Å²) in [7, 11) is 0. The van der Waals surface area contributed by atoms with Crippen molar-refractivity contribution in [1.82, 2.24) is 0 Å². The van der Waals surface area contributed by atoms with Gasteiger partial charge in [-0.05, 0) is 18.3 Å². The van der Waals surface area contributed by atoms with Crippen LogP contribution in [-0.2, 0) is 4.79 Å². The minimum Gasteiger partial charge on any atom is -0.481 e. The number of rotatable bonds is 1. The monoisotopic (exact) mass is 211 g/mol. The SMILES string of the molecule is CC12CCC(C(=O)O)(CC1=NO)C2(C)C. The third kappa shape index (κ3) is 0.840. The van der Waals surface area contributed by atoms with Gasteiger partial charge in [0.25, 0.3) is 0 Å². The van der Waals surface area contributed by atoms with E-state index in [9.17, 15) is 9.90 Å². The molecule has 2 fully saturated rings. The summed E-state index contributed by atoms with van der Waals surface area (Å²) in [5.41, 5.74) is -0.683. The van der Waals surface area contributed by atoms with Crippen molar-refractivity contribution >= 4 is 11.7 Å². The Morgan fingerprint density at radius 3 is 2.27 bits per heavy atom. The average molecular weight is 211 g/mol. The van der Waals surface area contributed by atoms with E-state index in [2.05, 4.69) is 5.16 Å². The van der Waals surface area contributed by atoms with E-state index in [1.54, 1.807) is 0 Å². The van der Waals surface area contributed by atoms with Gasteiger partial charge in [-0.2, -0.15) is 0 Å². The van der Waals surface area contributed by atoms with E-state index < -0.39 is 11.4 Å². The van der Waals surface area contributed by atoms with Gasteiger partial charge in [0.2, 0.25) is 0 Å². The van der Waals surface area contributed by atoms with Gasteiger partial charge in [0.1, 0.15) is 0 Å². The number of carboxylic acid groups (broad SMARTS) is 1. The molecule has 0 heterocycles. The Labute approximate surface area is 89.0 Å². The van der Waals surface area contributed by atoms with Gasteiger partial charge in [-0.3, -0.25) is 4.79 Å². The molecule has 4 heteroatoms. The van der Waals surface area contributed by atoms with Crippen LogP contribution >= 0.6 is 0 Å². The Hall–Kier alpha value is -1.06. The van der Waals surface area contributed by atoms with Crippen molar-refractivity contribution in [2.75, 3.05) is 0 Å². The molecule has 0 aromatic rings. The zero-order valence-electron chi connectivity index (χ0n) is 9.37. The van der Waals surface area contributed by atoms with Crippen molar-refractivity contribution in [2.45, 2.75) is 40.0 Å². The molecular formula is C11H17NO3. The van der Waals surface area contributed by atoms with Crippen LogP contribution in [-0.4, -0.2) is 22.0 Å². The van der Waals surface area contributed by atoms with Crippen molar-refractivity contribution < 1.29 is 15.1 Å². The van der Waals surface area contributed by atoms with E-state index in [-0.39, 0.29) is 10.8 Å². The summed E-state index contributed by atoms with van der Waals surface area (Å²) in [4.78, 5) is 11.5. The van der Waals surface area contributed by atoms with Crippen LogP contribution in [0, 0.1) is 16.2 Å². The van der Waals surface area contributed by atoms with Crippen molar-refractivity contribution in [3.63, 3.8) is 0 Å². The third-order valence-electron chi connectivity index (χ3n) is 5.26. The quantitative estimate of drug-likeness (QED) is 0.515. The summed E-state index contributed by atoms with van der Waals surface area (Å²) in [6.45, 7) is 5.97. The highest BCUT2D eigenvalue weighted by Gasteiger charge is 2.72. The Balaban J connectivity index is 2.61. The fraction of sp³-hybridized carbons (Fsp3) is 0.818. The minimum absolute atomic E-state index is 0.264. The lowest BCUT2D eigenvalue weighted by atomic mass is 9.65. The van der Waals surface area contributed by atoms with Crippen LogP contribution in [0.25, 0.3) is 0 Å². The maximum atomic E-state index is 11.5. The van der Waals surface area contributed by atoms with Crippen molar-refractivity contribution in [3.05, 3.63) is 0 Å². The first-order valence-corrected chi connectivity index (χ1v) is 5.27. The lowest BCUT2D eigenvalue weighted by molar-refractivity contribution is -0.154. The predicted molar refractivity (Wildman–Crippen MR) is 55.0 cm³/mol. The van der Waals surface area contributed by atoms with Crippen LogP contribution in [0.15, 0.2) is 5.16 Å². The number of nitrogens with zero attached hydrogens (tertiary/aromatic N) is 1. The van der Waals surface area contributed by atoms with Crippen LogP contribution < -0.4 is 0 Å². The fourth-order valence-corrected chi connectivity index (χ4v) is 3.51. The van der Waals surface area contributed by atoms with E-state index in [0.717, 1.165) is 6.42 Å². The minimum atomic E-state index is -0.755. The zero-order chi connectivity index (χ0) is 11.5. The molecule has 2 unspecified atom stereocenters. The van der Waals surface area contributed by atoms with Crippen LogP contribution in [0.3, 0.4) is 0 Å². The molecule has 84 valence electrons. The molecule has 2 aliphatic carbocycles. The normalized spacial score (nSPS) is 44.9. The molecule has 0 aromatic carbocycles. The Kier molecular flexibility index (Phi) is 1.77. The summed E-state index contributed by atoms with van der Waals surface area (Å²) in [6.07, 6.45) is 1.87. The van der Waals surface area contributed by atoms with Crippen molar-refractivity contribution in [3.8, 4) is 0 Å². The highest BCUT2D eigenvalue weighted by Crippen LogP contribution is 2.70. The molecule has 15 heavy (non-hydrogen) atoms. The van der Waals surface area contributed by atoms with Crippen molar-refractivity contribution in [1.29, 1.82) is 0 Å². The summed E-state index contributed by atoms with van der Waals surface area (Å²) >= 11 is 0. The van der Waals surface area contributed by atoms with E-state index >= 15 is 0 Å². The Bertz CT molecular complexity index is 361. The lowest BCUT2D eigenvalue weighted by Crippen LogP contribution is -2.40. The van der Waals surface area contributed by atoms with Gasteiger partial charge in [0.05, 0.1) is 11.1 Å². The van der Waals surface area contributed by atoms with Crippen LogP contribution in [0.5, 0.6) is 0 Å². The highest BCUT2D eigenvalue weighted by atomic mass is 16.4. The topological polar surface area (TPSA) is 69.9 Å². The van der Waals surface area contributed by atoms with Gasteiger partial charge >= 0.3 is 5.97 Å². The second-order valence-electron chi connectivity index (χ2n) is 5.57. The zero-order valence-corrected chi connectivity index (χ0v) is 9.37. The smallest absolute Gasteiger partial charge is 0.310 e. The summed E-state index contributed by atoms with van der Waals surface area (Å²) in [5, 5.41) is 21.7. The fourth-order valence-electron chi connectivity index (χ4n) is 3.51. The first-order chi connectivity index (χ1) is 6.82. The summed E-state index contributed by atoms with van der Waals surface area (Å²) in [5.74, 6) is -0.755. The number of carboxylic acids is 1. The van der Waals surface area contributed by atoms with Gasteiger partial charge in [-0.1, -0.05) is 25.9 Å². The van der Waals surface area contributed by atoms with E-state index in [0.29, 0.717) is 18.6 Å². The first-order valence-electron chi connectivity index (χ1n) is 5.27. The molecular weight excluding hydrogens is 194 g/mol. The molecule has 2 rings (SSSR count). The average Bonchev–Trinajstić information content (AvgIpc) is 2.46. The molecule has 0 amide bonds. The maximum Gasteiger partial charge on any atom is 0.310 e. The lowest BCUT2D eigenvalue weighted by Gasteiger charge is -2.37. The molecule has 0 saturated heterocycles. The number of oxime groups is 1. The molecule has 2 saturated carbocycles. The van der Waals surface area contributed by atoms with Crippen LogP contribution in [0.4, 0.5) is 0 Å². The van der Waals surface area contributed by atoms with Gasteiger partial charge in [0.15, 0.2) is 0 Å². The first kappa shape index (κ1) is 10.5. The molecule has 2 aliphatic rings. The molecule has 0 spiro atoms. The van der Waals surface area contributed by atoms with Gasteiger partial charge in [-0.15, -0.1) is 0 Å².